The van der Waals surface area contributed by atoms with Gasteiger partial charge in [-0.05, 0) is 61.2 Å². The molecule has 0 radical (unpaired) electrons. The lowest BCUT2D eigenvalue weighted by atomic mass is 10.0. The number of benzene rings is 2. The lowest BCUT2D eigenvalue weighted by Gasteiger charge is -2.28. The largest absolute Gasteiger partial charge is 0.484 e. The molecule has 210 valence electrons. The lowest BCUT2D eigenvalue weighted by molar-refractivity contribution is -0.0590. The van der Waals surface area contributed by atoms with Gasteiger partial charge in [0.15, 0.2) is 17.3 Å². The molecule has 0 aliphatic carbocycles. The van der Waals surface area contributed by atoms with Crippen molar-refractivity contribution in [3.63, 3.8) is 0 Å². The molecule has 0 spiro atoms. The number of aromatic carboxylic acids is 1. The van der Waals surface area contributed by atoms with Crippen molar-refractivity contribution in [1.29, 1.82) is 0 Å². The molecule has 4 heterocycles. The normalized spacial score (nSPS) is 18.3. The molecule has 11 heteroatoms. The van der Waals surface area contributed by atoms with E-state index >= 15 is 0 Å². The Morgan fingerprint density at radius 3 is 2.71 bits per heavy atom. The van der Waals surface area contributed by atoms with Crippen molar-refractivity contribution in [1.82, 2.24) is 14.5 Å². The van der Waals surface area contributed by atoms with Crippen LogP contribution in [0.25, 0.3) is 15.9 Å². The number of carboxylic acids is 1. The summed E-state index contributed by atoms with van der Waals surface area (Å²) in [6.07, 6.45) is 2.61. The highest BCUT2D eigenvalue weighted by atomic mass is 19.1. The molecule has 41 heavy (non-hydrogen) atoms. The summed E-state index contributed by atoms with van der Waals surface area (Å²) in [6, 6.07) is 11.8. The van der Waals surface area contributed by atoms with E-state index in [0.717, 1.165) is 48.9 Å². The smallest absolute Gasteiger partial charge is 0.335 e. The number of ether oxygens (including phenoxy) is 2. The lowest BCUT2D eigenvalue weighted by Crippen LogP contribution is -2.32. The highest BCUT2D eigenvalue weighted by Gasteiger charge is 2.28. The van der Waals surface area contributed by atoms with E-state index in [9.17, 15) is 18.7 Å². The Morgan fingerprint density at radius 2 is 1.98 bits per heavy atom. The van der Waals surface area contributed by atoms with Crippen LogP contribution in [0, 0.1) is 24.1 Å². The van der Waals surface area contributed by atoms with Crippen molar-refractivity contribution < 1.29 is 28.2 Å². The Morgan fingerprint density at radius 1 is 1.12 bits per heavy atom. The highest BCUT2D eigenvalue weighted by molar-refractivity contribution is 5.92. The summed E-state index contributed by atoms with van der Waals surface area (Å²) in [4.78, 5) is 26.2. The highest BCUT2D eigenvalue weighted by Crippen LogP contribution is 2.29. The van der Waals surface area contributed by atoms with E-state index in [1.807, 2.05) is 0 Å². The molecule has 2 aromatic heterocycles. The van der Waals surface area contributed by atoms with E-state index in [1.165, 1.54) is 18.2 Å². The zero-order chi connectivity index (χ0) is 28.5. The predicted octanol–water partition coefficient (Wildman–Crippen LogP) is 5.40. The van der Waals surface area contributed by atoms with Crippen LogP contribution < -0.4 is 9.64 Å². The van der Waals surface area contributed by atoms with Crippen LogP contribution >= 0.6 is 0 Å². The molecule has 4 aromatic rings. The Labute approximate surface area is 234 Å². The number of imidazole rings is 1. The number of hydrogen-bond donors (Lipinski definition) is 1. The topological polar surface area (TPSA) is 94.1 Å². The van der Waals surface area contributed by atoms with Gasteiger partial charge >= 0.3 is 5.97 Å². The number of halogens is 2. The Hall–Kier alpha value is -4.56. The van der Waals surface area contributed by atoms with Gasteiger partial charge in [-0.2, -0.15) is 0 Å². The first-order valence-electron chi connectivity index (χ1n) is 13.4. The van der Waals surface area contributed by atoms with Gasteiger partial charge in [0.25, 0.3) is 0 Å². The summed E-state index contributed by atoms with van der Waals surface area (Å²) < 4.78 is 42.0. The van der Waals surface area contributed by atoms with Crippen LogP contribution in [-0.2, 0) is 24.3 Å². The fraction of sp³-hybridized carbons (Fsp3) is 0.333. The second-order valence-electron chi connectivity index (χ2n) is 10.3. The zero-order valence-corrected chi connectivity index (χ0v) is 22.1. The molecule has 2 atom stereocenters. The summed E-state index contributed by atoms with van der Waals surface area (Å²) in [5, 5.41) is 9.48. The molecule has 2 fully saturated rings. The number of fused-ring (bicyclic) bond motifs is 1. The van der Waals surface area contributed by atoms with Gasteiger partial charge in [0.05, 0.1) is 35.8 Å². The third kappa shape index (κ3) is 5.56. The first-order chi connectivity index (χ1) is 19.9. The standard InChI is InChI=1S/C30H27F2N5O4/c1-33-20-3-6-27(23(32)14-20)41-17-25-22(31)4-7-28(35-25)36-10-8-18(15-36)12-29-34-24-5-2-19(30(38)39)13-26(24)37(29)16-21-9-11-40-21/h2-7,13-14,18,21H,8-12,15-17H2,(H,38,39)/t18-,21-/m0/s1. The van der Waals surface area contributed by atoms with E-state index in [2.05, 4.69) is 19.3 Å². The van der Waals surface area contributed by atoms with Gasteiger partial charge in [-0.3, -0.25) is 0 Å². The molecule has 9 nitrogen and oxygen atoms in total. The minimum atomic E-state index is -0.979. The van der Waals surface area contributed by atoms with E-state index in [4.69, 9.17) is 21.0 Å². The van der Waals surface area contributed by atoms with Crippen LogP contribution in [0.2, 0.25) is 0 Å². The molecular weight excluding hydrogens is 532 g/mol. The van der Waals surface area contributed by atoms with Crippen molar-refractivity contribution in [2.24, 2.45) is 5.92 Å². The SMILES string of the molecule is [C-]#[N+]c1ccc(OCc2nc(N3CC[C@@H](Cc4nc5ccc(C(=O)O)cc5n4C[C@@H]4CCO4)C3)ccc2F)c(F)c1. The minimum absolute atomic E-state index is 0.0659. The van der Waals surface area contributed by atoms with E-state index < -0.39 is 17.6 Å². The zero-order valence-electron chi connectivity index (χ0n) is 22.1. The maximum absolute atomic E-state index is 14.6. The second-order valence-corrected chi connectivity index (χ2v) is 10.3. The number of hydrogen-bond acceptors (Lipinski definition) is 6. The molecule has 0 bridgehead atoms. The molecule has 6 rings (SSSR count). The van der Waals surface area contributed by atoms with Gasteiger partial charge in [-0.1, -0.05) is 6.07 Å². The van der Waals surface area contributed by atoms with Crippen LogP contribution in [0.3, 0.4) is 0 Å². The summed E-state index contributed by atoms with van der Waals surface area (Å²) >= 11 is 0. The number of anilines is 1. The quantitative estimate of drug-likeness (QED) is 0.275. The van der Waals surface area contributed by atoms with Crippen molar-refractivity contribution in [3.05, 3.63) is 88.7 Å². The van der Waals surface area contributed by atoms with Crippen molar-refractivity contribution in [2.45, 2.75) is 38.5 Å². The van der Waals surface area contributed by atoms with Gasteiger partial charge in [-0.15, -0.1) is 0 Å². The third-order valence-corrected chi connectivity index (χ3v) is 7.65. The molecule has 2 aliphatic rings. The van der Waals surface area contributed by atoms with Gasteiger partial charge in [0.1, 0.15) is 29.8 Å². The molecule has 0 unspecified atom stereocenters. The van der Waals surface area contributed by atoms with Crippen molar-refractivity contribution in [3.8, 4) is 5.75 Å². The van der Waals surface area contributed by atoms with E-state index in [-0.39, 0.29) is 41.3 Å². The molecular formula is C30H27F2N5O4. The van der Waals surface area contributed by atoms with Crippen LogP contribution in [0.5, 0.6) is 5.75 Å². The Kier molecular flexibility index (Phi) is 7.24. The van der Waals surface area contributed by atoms with Crippen LogP contribution in [0.1, 0.15) is 34.7 Å². The van der Waals surface area contributed by atoms with Crippen LogP contribution in [0.15, 0.2) is 48.5 Å². The average Bonchev–Trinajstić information content (AvgIpc) is 3.54. The van der Waals surface area contributed by atoms with Gasteiger partial charge in [0, 0.05) is 26.1 Å². The molecule has 1 N–H and O–H groups in total. The van der Waals surface area contributed by atoms with Crippen molar-refractivity contribution in [2.75, 3.05) is 24.6 Å². The summed E-state index contributed by atoms with van der Waals surface area (Å²) in [5.74, 6) is -0.533. The number of aromatic nitrogens is 3. The third-order valence-electron chi connectivity index (χ3n) is 7.65. The first-order valence-corrected chi connectivity index (χ1v) is 13.4. The van der Waals surface area contributed by atoms with Gasteiger partial charge in [0.2, 0.25) is 0 Å². The summed E-state index contributed by atoms with van der Waals surface area (Å²) in [7, 11) is 0. The summed E-state index contributed by atoms with van der Waals surface area (Å²) in [6.45, 7) is 9.49. The maximum Gasteiger partial charge on any atom is 0.335 e. The molecule has 0 amide bonds. The number of rotatable bonds is 9. The molecule has 0 saturated carbocycles. The summed E-state index contributed by atoms with van der Waals surface area (Å²) in [5.41, 5.74) is 1.98. The van der Waals surface area contributed by atoms with Crippen LogP contribution in [-0.4, -0.2) is 51.4 Å². The van der Waals surface area contributed by atoms with E-state index in [1.54, 1.807) is 24.3 Å². The molecule has 2 aliphatic heterocycles. The first kappa shape index (κ1) is 26.7. The number of pyridine rings is 1. The van der Waals surface area contributed by atoms with Gasteiger partial charge < -0.3 is 24.0 Å². The number of nitrogens with zero attached hydrogens (tertiary/aromatic N) is 5. The Bertz CT molecular complexity index is 1660. The Balaban J connectivity index is 1.16. The maximum atomic E-state index is 14.6. The average molecular weight is 560 g/mol. The number of carbonyl (C=O) groups is 1. The minimum Gasteiger partial charge on any atom is -0.484 e. The van der Waals surface area contributed by atoms with Crippen molar-refractivity contribution >= 4 is 28.5 Å². The molecule has 2 aromatic carbocycles. The predicted molar refractivity (Wildman–Crippen MR) is 146 cm³/mol. The van der Waals surface area contributed by atoms with E-state index in [0.29, 0.717) is 25.3 Å². The van der Waals surface area contributed by atoms with Crippen LogP contribution in [0.4, 0.5) is 20.3 Å². The number of carboxylic acid groups (broad SMARTS) is 1. The fourth-order valence-corrected chi connectivity index (χ4v) is 5.34. The fourth-order valence-electron chi connectivity index (χ4n) is 5.34. The molecule has 2 saturated heterocycles. The monoisotopic (exact) mass is 559 g/mol. The second kappa shape index (κ2) is 11.1. The van der Waals surface area contributed by atoms with Gasteiger partial charge in [-0.25, -0.2) is 28.4 Å².